The summed E-state index contributed by atoms with van der Waals surface area (Å²) < 4.78 is 7.76. The molecule has 1 aromatic heterocycles. The maximum Gasteiger partial charge on any atom is 0.170 e. The standard InChI is InChI=1S/C14H20N4O/c1-4-12(15)11-7-5-6-8-13(11)19-9-14-17-16-10(2)18(14)3/h5-8,12H,4,9,15H2,1-3H3/t12-/m1/s1. The molecule has 2 rings (SSSR count). The minimum Gasteiger partial charge on any atom is -0.485 e. The molecule has 0 radical (unpaired) electrons. The summed E-state index contributed by atoms with van der Waals surface area (Å²) in [4.78, 5) is 0. The van der Waals surface area contributed by atoms with Crippen molar-refractivity contribution in [3.8, 4) is 5.75 Å². The molecule has 0 amide bonds. The van der Waals surface area contributed by atoms with Crippen molar-refractivity contribution in [1.29, 1.82) is 0 Å². The average molecular weight is 260 g/mol. The Hall–Kier alpha value is -1.88. The summed E-state index contributed by atoms with van der Waals surface area (Å²) in [5.74, 6) is 2.49. The van der Waals surface area contributed by atoms with E-state index < -0.39 is 0 Å². The summed E-state index contributed by atoms with van der Waals surface area (Å²) >= 11 is 0. The zero-order valence-corrected chi connectivity index (χ0v) is 11.6. The van der Waals surface area contributed by atoms with Gasteiger partial charge in [0, 0.05) is 18.7 Å². The maximum absolute atomic E-state index is 6.08. The Morgan fingerprint density at radius 3 is 2.68 bits per heavy atom. The lowest BCUT2D eigenvalue weighted by atomic mass is 10.0. The molecule has 0 saturated carbocycles. The van der Waals surface area contributed by atoms with E-state index in [1.807, 2.05) is 42.8 Å². The number of benzene rings is 1. The number of ether oxygens (including phenoxy) is 1. The molecule has 1 aromatic carbocycles. The van der Waals surface area contributed by atoms with Crippen LogP contribution in [-0.4, -0.2) is 14.8 Å². The third-order valence-corrected chi connectivity index (χ3v) is 3.30. The van der Waals surface area contributed by atoms with E-state index in [0.717, 1.165) is 29.4 Å². The van der Waals surface area contributed by atoms with E-state index in [4.69, 9.17) is 10.5 Å². The Balaban J connectivity index is 2.13. The van der Waals surface area contributed by atoms with E-state index in [1.54, 1.807) is 0 Å². The van der Waals surface area contributed by atoms with Crippen molar-refractivity contribution in [3.05, 3.63) is 41.5 Å². The molecule has 19 heavy (non-hydrogen) atoms. The predicted octanol–water partition coefficient (Wildman–Crippen LogP) is 2.11. The molecule has 0 aliphatic heterocycles. The highest BCUT2D eigenvalue weighted by Gasteiger charge is 2.11. The van der Waals surface area contributed by atoms with Crippen LogP contribution in [-0.2, 0) is 13.7 Å². The van der Waals surface area contributed by atoms with Gasteiger partial charge in [0.05, 0.1) is 0 Å². The summed E-state index contributed by atoms with van der Waals surface area (Å²) in [7, 11) is 1.93. The van der Waals surface area contributed by atoms with E-state index in [-0.39, 0.29) is 6.04 Å². The van der Waals surface area contributed by atoms with Crippen LogP contribution in [0.3, 0.4) is 0 Å². The molecule has 0 aliphatic carbocycles. The largest absolute Gasteiger partial charge is 0.485 e. The van der Waals surface area contributed by atoms with Crippen molar-refractivity contribution < 1.29 is 4.74 Å². The first-order valence-electron chi connectivity index (χ1n) is 6.45. The van der Waals surface area contributed by atoms with Crippen molar-refractivity contribution in [3.63, 3.8) is 0 Å². The third kappa shape index (κ3) is 2.93. The summed E-state index contributed by atoms with van der Waals surface area (Å²) in [5.41, 5.74) is 7.12. The lowest BCUT2D eigenvalue weighted by Gasteiger charge is -2.15. The first-order chi connectivity index (χ1) is 9.13. The van der Waals surface area contributed by atoms with Crippen LogP contribution in [0.1, 0.15) is 36.6 Å². The van der Waals surface area contributed by atoms with Crippen molar-refractivity contribution in [2.24, 2.45) is 12.8 Å². The van der Waals surface area contributed by atoms with Crippen molar-refractivity contribution in [1.82, 2.24) is 14.8 Å². The van der Waals surface area contributed by atoms with Gasteiger partial charge < -0.3 is 15.0 Å². The molecule has 0 bridgehead atoms. The fourth-order valence-electron chi connectivity index (χ4n) is 1.86. The van der Waals surface area contributed by atoms with Gasteiger partial charge in [-0.3, -0.25) is 0 Å². The van der Waals surface area contributed by atoms with Crippen molar-refractivity contribution in [2.75, 3.05) is 0 Å². The monoisotopic (exact) mass is 260 g/mol. The Morgan fingerprint density at radius 2 is 2.05 bits per heavy atom. The normalized spacial score (nSPS) is 12.4. The second-order valence-electron chi connectivity index (χ2n) is 4.56. The van der Waals surface area contributed by atoms with Gasteiger partial charge in [-0.15, -0.1) is 10.2 Å². The number of hydrogen-bond donors (Lipinski definition) is 1. The minimum absolute atomic E-state index is 0.00238. The number of rotatable bonds is 5. The number of hydrogen-bond acceptors (Lipinski definition) is 4. The summed E-state index contributed by atoms with van der Waals surface area (Å²) in [6.07, 6.45) is 0.878. The van der Waals surface area contributed by atoms with Gasteiger partial charge in [-0.25, -0.2) is 0 Å². The highest BCUT2D eigenvalue weighted by Crippen LogP contribution is 2.25. The Bertz CT molecular complexity index is 550. The predicted molar refractivity (Wildman–Crippen MR) is 73.7 cm³/mol. The first kappa shape index (κ1) is 13.5. The van der Waals surface area contributed by atoms with E-state index in [0.29, 0.717) is 6.61 Å². The van der Waals surface area contributed by atoms with E-state index >= 15 is 0 Å². The fourth-order valence-corrected chi connectivity index (χ4v) is 1.86. The van der Waals surface area contributed by atoms with Crippen LogP contribution in [0, 0.1) is 6.92 Å². The Morgan fingerprint density at radius 1 is 1.32 bits per heavy atom. The lowest BCUT2D eigenvalue weighted by Crippen LogP contribution is -2.11. The average Bonchev–Trinajstić information content (AvgIpc) is 2.76. The molecule has 0 spiro atoms. The van der Waals surface area contributed by atoms with Crippen LogP contribution in [0.5, 0.6) is 5.75 Å². The van der Waals surface area contributed by atoms with Crippen LogP contribution in [0.2, 0.25) is 0 Å². The van der Waals surface area contributed by atoms with Crippen molar-refractivity contribution in [2.45, 2.75) is 32.9 Å². The van der Waals surface area contributed by atoms with Gasteiger partial charge in [-0.2, -0.15) is 0 Å². The van der Waals surface area contributed by atoms with Crippen LogP contribution in [0.4, 0.5) is 0 Å². The maximum atomic E-state index is 6.08. The van der Waals surface area contributed by atoms with Gasteiger partial charge in [0.2, 0.25) is 0 Å². The molecule has 1 atom stereocenters. The van der Waals surface area contributed by atoms with Gasteiger partial charge in [-0.1, -0.05) is 25.1 Å². The van der Waals surface area contributed by atoms with Crippen molar-refractivity contribution >= 4 is 0 Å². The molecule has 102 valence electrons. The number of para-hydroxylation sites is 1. The van der Waals surface area contributed by atoms with E-state index in [2.05, 4.69) is 17.1 Å². The topological polar surface area (TPSA) is 66.0 Å². The number of aromatic nitrogens is 3. The lowest BCUT2D eigenvalue weighted by molar-refractivity contribution is 0.286. The zero-order chi connectivity index (χ0) is 13.8. The summed E-state index contributed by atoms with van der Waals surface area (Å²) in [5, 5.41) is 8.09. The summed E-state index contributed by atoms with van der Waals surface area (Å²) in [6, 6.07) is 7.87. The quantitative estimate of drug-likeness (QED) is 0.894. The number of nitrogens with zero attached hydrogens (tertiary/aromatic N) is 3. The third-order valence-electron chi connectivity index (χ3n) is 3.30. The van der Waals surface area contributed by atoms with Crippen LogP contribution in [0.15, 0.2) is 24.3 Å². The van der Waals surface area contributed by atoms with Gasteiger partial charge in [0.15, 0.2) is 5.82 Å². The van der Waals surface area contributed by atoms with E-state index in [1.165, 1.54) is 0 Å². The summed E-state index contributed by atoms with van der Waals surface area (Å²) in [6.45, 7) is 4.37. The van der Waals surface area contributed by atoms with Gasteiger partial charge >= 0.3 is 0 Å². The van der Waals surface area contributed by atoms with Crippen LogP contribution < -0.4 is 10.5 Å². The first-order valence-corrected chi connectivity index (χ1v) is 6.45. The molecule has 5 nitrogen and oxygen atoms in total. The SMILES string of the molecule is CC[C@@H](N)c1ccccc1OCc1nnc(C)n1C. The van der Waals surface area contributed by atoms with Gasteiger partial charge in [0.1, 0.15) is 18.2 Å². The zero-order valence-electron chi connectivity index (χ0n) is 11.6. The Labute approximate surface area is 113 Å². The van der Waals surface area contributed by atoms with Crippen LogP contribution in [0.25, 0.3) is 0 Å². The highest BCUT2D eigenvalue weighted by molar-refractivity contribution is 5.35. The van der Waals surface area contributed by atoms with Crippen LogP contribution >= 0.6 is 0 Å². The Kier molecular flexibility index (Phi) is 4.16. The minimum atomic E-state index is -0.00238. The molecular formula is C14H20N4O. The van der Waals surface area contributed by atoms with Gasteiger partial charge in [0.25, 0.3) is 0 Å². The smallest absolute Gasteiger partial charge is 0.170 e. The molecule has 0 fully saturated rings. The molecule has 2 N–H and O–H groups in total. The fraction of sp³-hybridized carbons (Fsp3) is 0.429. The molecule has 0 aliphatic rings. The molecule has 0 saturated heterocycles. The molecule has 2 aromatic rings. The second kappa shape index (κ2) is 5.84. The number of nitrogens with two attached hydrogens (primary N) is 1. The molecular weight excluding hydrogens is 240 g/mol. The highest BCUT2D eigenvalue weighted by atomic mass is 16.5. The number of aryl methyl sites for hydroxylation is 1. The molecule has 1 heterocycles. The molecule has 0 unspecified atom stereocenters. The van der Waals surface area contributed by atoms with E-state index in [9.17, 15) is 0 Å². The second-order valence-corrected chi connectivity index (χ2v) is 4.56. The molecule has 5 heteroatoms. The van der Waals surface area contributed by atoms with Gasteiger partial charge in [-0.05, 0) is 19.4 Å².